The van der Waals surface area contributed by atoms with Gasteiger partial charge in [0.2, 0.25) is 0 Å². The van der Waals surface area contributed by atoms with Crippen molar-refractivity contribution in [2.24, 2.45) is 5.16 Å². The number of halogens is 2. The molecule has 1 fully saturated rings. The van der Waals surface area contributed by atoms with Crippen LogP contribution in [0.4, 0.5) is 10.2 Å². The first kappa shape index (κ1) is 15.0. The van der Waals surface area contributed by atoms with E-state index >= 15 is 0 Å². The summed E-state index contributed by atoms with van der Waals surface area (Å²) in [4.78, 5) is 3.70. The van der Waals surface area contributed by atoms with Crippen LogP contribution >= 0.6 is 11.6 Å². The van der Waals surface area contributed by atoms with Gasteiger partial charge in [0.15, 0.2) is 12.4 Å². The Morgan fingerprint density at radius 3 is 2.85 bits per heavy atom. The quantitative estimate of drug-likeness (QED) is 0.321. The molecule has 0 bridgehead atoms. The van der Waals surface area contributed by atoms with Crippen LogP contribution in [0.3, 0.4) is 0 Å². The van der Waals surface area contributed by atoms with Crippen LogP contribution in [0.25, 0.3) is 0 Å². The SMILES string of the molecule is Nc1ccn([C@@H]2O[C@@](CO)(CCl)[C@@H](O)[C@H]2F)/c(=N/O)n1. The summed E-state index contributed by atoms with van der Waals surface area (Å²) in [5.74, 6) is -0.246. The van der Waals surface area contributed by atoms with E-state index in [-0.39, 0.29) is 17.3 Å². The zero-order valence-corrected chi connectivity index (χ0v) is 11.0. The molecule has 0 saturated carbocycles. The summed E-state index contributed by atoms with van der Waals surface area (Å²) < 4.78 is 20.6. The summed E-state index contributed by atoms with van der Waals surface area (Å²) in [5.41, 5.74) is 3.50. The molecule has 8 nitrogen and oxygen atoms in total. The minimum absolute atomic E-state index is 0.0637. The predicted octanol–water partition coefficient (Wildman–Crippen LogP) is -1.05. The van der Waals surface area contributed by atoms with E-state index < -0.39 is 30.7 Å². The lowest BCUT2D eigenvalue weighted by atomic mass is 9.99. The van der Waals surface area contributed by atoms with E-state index in [2.05, 4.69) is 10.1 Å². The third-order valence-electron chi connectivity index (χ3n) is 3.19. The number of ether oxygens (including phenoxy) is 1. The van der Waals surface area contributed by atoms with Crippen molar-refractivity contribution in [3.63, 3.8) is 0 Å². The Labute approximate surface area is 117 Å². The molecule has 1 saturated heterocycles. The molecule has 0 unspecified atom stereocenters. The summed E-state index contributed by atoms with van der Waals surface area (Å²) in [6.45, 7) is -0.664. The Morgan fingerprint density at radius 2 is 2.35 bits per heavy atom. The Morgan fingerprint density at radius 1 is 1.65 bits per heavy atom. The molecule has 0 spiro atoms. The van der Waals surface area contributed by atoms with Crippen molar-refractivity contribution in [1.29, 1.82) is 0 Å². The van der Waals surface area contributed by atoms with Gasteiger partial charge in [-0.15, -0.1) is 11.6 Å². The van der Waals surface area contributed by atoms with Gasteiger partial charge in [-0.2, -0.15) is 4.98 Å². The van der Waals surface area contributed by atoms with Crippen LogP contribution in [0.1, 0.15) is 6.23 Å². The molecule has 2 rings (SSSR count). The van der Waals surface area contributed by atoms with Crippen LogP contribution in [-0.4, -0.2) is 55.3 Å². The normalized spacial score (nSPS) is 34.6. The second-order valence-corrected chi connectivity index (χ2v) is 4.68. The predicted molar refractivity (Wildman–Crippen MR) is 65.6 cm³/mol. The molecule has 1 aliphatic rings. The van der Waals surface area contributed by atoms with Crippen molar-refractivity contribution in [2.75, 3.05) is 18.2 Å². The lowest BCUT2D eigenvalue weighted by Gasteiger charge is -2.27. The van der Waals surface area contributed by atoms with Crippen molar-refractivity contribution in [3.05, 3.63) is 17.9 Å². The average molecular weight is 309 g/mol. The van der Waals surface area contributed by atoms with Gasteiger partial charge in [-0.05, 0) is 11.2 Å². The Hall–Kier alpha value is -1.42. The number of aromatic nitrogens is 2. The molecule has 112 valence electrons. The summed E-state index contributed by atoms with van der Waals surface area (Å²) in [6.07, 6.45) is -3.58. The van der Waals surface area contributed by atoms with Gasteiger partial charge in [0, 0.05) is 6.20 Å². The molecule has 4 atom stereocenters. The molecular formula is C10H14ClFN4O4. The van der Waals surface area contributed by atoms with Crippen LogP contribution in [0.2, 0.25) is 0 Å². The minimum Gasteiger partial charge on any atom is -0.408 e. The number of hydrogen-bond donors (Lipinski definition) is 4. The van der Waals surface area contributed by atoms with Crippen molar-refractivity contribution < 1.29 is 24.5 Å². The molecule has 1 aromatic heterocycles. The first-order valence-electron chi connectivity index (χ1n) is 5.68. The highest BCUT2D eigenvalue weighted by atomic mass is 35.5. The fourth-order valence-corrected chi connectivity index (χ4v) is 2.33. The van der Waals surface area contributed by atoms with Gasteiger partial charge in [-0.3, -0.25) is 4.57 Å². The highest BCUT2D eigenvalue weighted by Gasteiger charge is 2.55. The third-order valence-corrected chi connectivity index (χ3v) is 3.64. The molecular weight excluding hydrogens is 295 g/mol. The maximum Gasteiger partial charge on any atom is 0.270 e. The van der Waals surface area contributed by atoms with Gasteiger partial charge in [0.25, 0.3) is 5.62 Å². The van der Waals surface area contributed by atoms with Crippen LogP contribution in [0, 0.1) is 0 Å². The average Bonchev–Trinajstić information content (AvgIpc) is 2.72. The van der Waals surface area contributed by atoms with Gasteiger partial charge in [0.1, 0.15) is 17.5 Å². The Bertz CT molecular complexity index is 550. The van der Waals surface area contributed by atoms with Crippen molar-refractivity contribution in [3.8, 4) is 0 Å². The number of nitrogen functional groups attached to an aromatic ring is 1. The summed E-state index contributed by atoms with van der Waals surface area (Å²) in [7, 11) is 0. The number of aliphatic hydroxyl groups excluding tert-OH is 2. The number of aliphatic hydroxyl groups is 2. The van der Waals surface area contributed by atoms with E-state index in [1.54, 1.807) is 0 Å². The molecule has 5 N–H and O–H groups in total. The van der Waals surface area contributed by atoms with Crippen molar-refractivity contribution >= 4 is 17.4 Å². The standard InChI is InChI=1S/C10H14ClFN4O4/c11-3-10(4-17)7(18)6(12)8(20-10)16-2-1-5(13)14-9(16)15-19/h1-2,6-8,17-19H,3-4H2,(H2,13,14,15)/t6-,7+,8-,10-/m1/s1. The number of alkyl halides is 2. The van der Waals surface area contributed by atoms with Crippen LogP contribution in [0.5, 0.6) is 0 Å². The van der Waals surface area contributed by atoms with Gasteiger partial charge < -0.3 is 25.9 Å². The minimum atomic E-state index is -1.89. The Balaban J connectivity index is 2.45. The van der Waals surface area contributed by atoms with Gasteiger partial charge in [-0.25, -0.2) is 4.39 Å². The fourth-order valence-electron chi connectivity index (χ4n) is 2.02. The van der Waals surface area contributed by atoms with Gasteiger partial charge in [0.05, 0.1) is 12.5 Å². The highest BCUT2D eigenvalue weighted by Crippen LogP contribution is 2.39. The molecule has 0 aliphatic carbocycles. The number of rotatable bonds is 3. The lowest BCUT2D eigenvalue weighted by molar-refractivity contribution is -0.115. The van der Waals surface area contributed by atoms with Gasteiger partial charge >= 0.3 is 0 Å². The van der Waals surface area contributed by atoms with E-state index in [0.717, 1.165) is 4.57 Å². The molecule has 0 radical (unpaired) electrons. The maximum absolute atomic E-state index is 14.2. The smallest absolute Gasteiger partial charge is 0.270 e. The first-order chi connectivity index (χ1) is 9.49. The highest BCUT2D eigenvalue weighted by molar-refractivity contribution is 6.18. The third kappa shape index (κ3) is 2.22. The summed E-state index contributed by atoms with van der Waals surface area (Å²) in [6, 6.07) is 1.34. The van der Waals surface area contributed by atoms with Crippen LogP contribution in [0.15, 0.2) is 17.4 Å². The molecule has 20 heavy (non-hydrogen) atoms. The summed E-state index contributed by atoms with van der Waals surface area (Å²) >= 11 is 5.65. The molecule has 1 aliphatic heterocycles. The number of hydrogen-bond acceptors (Lipinski definition) is 7. The number of nitrogens with two attached hydrogens (primary N) is 1. The maximum atomic E-state index is 14.2. The monoisotopic (exact) mass is 308 g/mol. The van der Waals surface area contributed by atoms with E-state index in [0.29, 0.717) is 0 Å². The molecule has 2 heterocycles. The molecule has 0 aromatic carbocycles. The van der Waals surface area contributed by atoms with E-state index in [4.69, 9.17) is 27.3 Å². The van der Waals surface area contributed by atoms with Crippen LogP contribution < -0.4 is 11.4 Å². The zero-order chi connectivity index (χ0) is 14.9. The van der Waals surface area contributed by atoms with Crippen molar-refractivity contribution in [1.82, 2.24) is 9.55 Å². The number of anilines is 1. The Kier molecular flexibility index (Phi) is 4.14. The summed E-state index contributed by atoms with van der Waals surface area (Å²) in [5, 5.41) is 30.9. The van der Waals surface area contributed by atoms with E-state index in [1.165, 1.54) is 12.3 Å². The lowest BCUT2D eigenvalue weighted by Crippen LogP contribution is -2.47. The van der Waals surface area contributed by atoms with Crippen molar-refractivity contribution in [2.45, 2.75) is 24.1 Å². The fraction of sp³-hybridized carbons (Fsp3) is 0.600. The first-order valence-corrected chi connectivity index (χ1v) is 6.22. The topological polar surface area (TPSA) is 126 Å². The number of nitrogens with zero attached hydrogens (tertiary/aromatic N) is 3. The van der Waals surface area contributed by atoms with E-state index in [1.807, 2.05) is 0 Å². The zero-order valence-electron chi connectivity index (χ0n) is 10.2. The molecule has 10 heteroatoms. The van der Waals surface area contributed by atoms with E-state index in [9.17, 15) is 14.6 Å². The second kappa shape index (κ2) is 5.52. The molecule has 0 amide bonds. The van der Waals surface area contributed by atoms with Gasteiger partial charge in [-0.1, -0.05) is 0 Å². The largest absolute Gasteiger partial charge is 0.408 e. The van der Waals surface area contributed by atoms with Crippen LogP contribution in [-0.2, 0) is 4.74 Å². The second-order valence-electron chi connectivity index (χ2n) is 4.41. The molecule has 1 aromatic rings.